The molecule has 0 atom stereocenters. The molecule has 3 aromatic carbocycles. The van der Waals surface area contributed by atoms with E-state index in [4.69, 9.17) is 11.6 Å². The zero-order valence-electron chi connectivity index (χ0n) is 18.4. The Balaban J connectivity index is 1.57. The second-order valence-corrected chi connectivity index (χ2v) is 9.85. The number of para-hydroxylation sites is 1. The summed E-state index contributed by atoms with van der Waals surface area (Å²) < 4.78 is 29.8. The molecule has 9 heteroatoms. The van der Waals surface area contributed by atoms with Gasteiger partial charge in [-0.1, -0.05) is 48.0 Å². The number of aromatic nitrogens is 2. The van der Waals surface area contributed by atoms with Gasteiger partial charge in [-0.15, -0.1) is 0 Å². The summed E-state index contributed by atoms with van der Waals surface area (Å²) in [5.74, 6) is 0.383. The van der Waals surface area contributed by atoms with Crippen LogP contribution in [-0.4, -0.2) is 30.4 Å². The van der Waals surface area contributed by atoms with Crippen LogP contribution in [0.3, 0.4) is 0 Å². The maximum atomic E-state index is 13.4. The number of sulfonamides is 1. The zero-order valence-corrected chi connectivity index (χ0v) is 20.0. The summed E-state index contributed by atoms with van der Waals surface area (Å²) in [6, 6.07) is 22.0. The Labute approximate surface area is 203 Å². The third-order valence-electron chi connectivity index (χ3n) is 5.29. The molecule has 4 aromatic rings. The van der Waals surface area contributed by atoms with E-state index in [0.717, 1.165) is 21.4 Å². The molecule has 4 rings (SSSR count). The number of carbonyl (C=O) groups excluding carboxylic acids is 1. The van der Waals surface area contributed by atoms with Crippen LogP contribution in [0.4, 0.5) is 5.69 Å². The lowest BCUT2D eigenvalue weighted by atomic mass is 10.1. The number of aryl methyl sites for hydroxylation is 1. The fourth-order valence-corrected chi connectivity index (χ4v) is 5.12. The fourth-order valence-electron chi connectivity index (χ4n) is 3.55. The van der Waals surface area contributed by atoms with E-state index in [0.29, 0.717) is 10.7 Å². The van der Waals surface area contributed by atoms with Gasteiger partial charge in [0.15, 0.2) is 0 Å². The van der Waals surface area contributed by atoms with Crippen LogP contribution in [-0.2, 0) is 21.4 Å². The average molecular weight is 495 g/mol. The van der Waals surface area contributed by atoms with Crippen molar-refractivity contribution in [3.05, 3.63) is 108 Å². The first-order valence-corrected chi connectivity index (χ1v) is 12.4. The second kappa shape index (κ2) is 10.1. The Morgan fingerprint density at radius 2 is 1.68 bits per heavy atom. The molecule has 0 radical (unpaired) electrons. The van der Waals surface area contributed by atoms with E-state index in [-0.39, 0.29) is 18.0 Å². The molecule has 1 N–H and O–H groups in total. The number of halogens is 1. The zero-order chi connectivity index (χ0) is 24.1. The minimum Gasteiger partial charge on any atom is -0.350 e. The summed E-state index contributed by atoms with van der Waals surface area (Å²) >= 11 is 5.99. The van der Waals surface area contributed by atoms with Gasteiger partial charge in [-0.3, -0.25) is 9.10 Å². The molecule has 0 fully saturated rings. The number of hydrogen-bond donors (Lipinski definition) is 1. The average Bonchev–Trinajstić information content (AvgIpc) is 3.28. The van der Waals surface area contributed by atoms with E-state index < -0.39 is 15.9 Å². The smallest absolute Gasteiger partial charge is 0.264 e. The van der Waals surface area contributed by atoms with Gasteiger partial charge in [-0.25, -0.2) is 13.4 Å². The lowest BCUT2D eigenvalue weighted by molar-refractivity contribution is -0.119. The van der Waals surface area contributed by atoms with Crippen LogP contribution < -0.4 is 9.62 Å². The van der Waals surface area contributed by atoms with Gasteiger partial charge in [0.2, 0.25) is 5.91 Å². The minimum atomic E-state index is -3.98. The first-order chi connectivity index (χ1) is 16.4. The molecule has 0 bridgehead atoms. The monoisotopic (exact) mass is 494 g/mol. The van der Waals surface area contributed by atoms with Crippen molar-refractivity contribution < 1.29 is 13.2 Å². The van der Waals surface area contributed by atoms with Crippen LogP contribution in [0, 0.1) is 6.92 Å². The van der Waals surface area contributed by atoms with Gasteiger partial charge in [0, 0.05) is 24.0 Å². The van der Waals surface area contributed by atoms with Crippen molar-refractivity contribution in [3.63, 3.8) is 0 Å². The first-order valence-electron chi connectivity index (χ1n) is 10.5. The largest absolute Gasteiger partial charge is 0.350 e. The van der Waals surface area contributed by atoms with Crippen LogP contribution in [0.25, 0.3) is 5.69 Å². The molecule has 174 valence electrons. The van der Waals surface area contributed by atoms with E-state index in [1.807, 2.05) is 42.0 Å². The van der Waals surface area contributed by atoms with Crippen LogP contribution in [0.2, 0.25) is 5.02 Å². The highest BCUT2D eigenvalue weighted by atomic mass is 35.5. The molecule has 0 spiro atoms. The third-order valence-corrected chi connectivity index (χ3v) is 7.33. The predicted octanol–water partition coefficient (Wildman–Crippen LogP) is 4.35. The van der Waals surface area contributed by atoms with Gasteiger partial charge in [-0.05, 0) is 55.0 Å². The van der Waals surface area contributed by atoms with Gasteiger partial charge in [-0.2, -0.15) is 0 Å². The molecule has 7 nitrogen and oxygen atoms in total. The molecule has 0 aliphatic rings. The number of amides is 1. The SMILES string of the molecule is Cc1nccn1-c1ccccc1CNC(=O)CN(c1ccc(Cl)cc1)S(=O)(=O)c1ccccc1. The maximum Gasteiger partial charge on any atom is 0.264 e. The third kappa shape index (κ3) is 5.13. The molecule has 0 aliphatic carbocycles. The van der Waals surface area contributed by atoms with Crippen LogP contribution in [0.5, 0.6) is 0 Å². The molecule has 1 heterocycles. The van der Waals surface area contributed by atoms with E-state index >= 15 is 0 Å². The van der Waals surface area contributed by atoms with Crippen molar-refractivity contribution in [1.82, 2.24) is 14.9 Å². The Morgan fingerprint density at radius 3 is 2.35 bits per heavy atom. The van der Waals surface area contributed by atoms with Crippen LogP contribution in [0.15, 0.2) is 96.2 Å². The quantitative estimate of drug-likeness (QED) is 0.395. The molecule has 0 saturated carbocycles. The summed E-state index contributed by atoms with van der Waals surface area (Å²) in [7, 11) is -3.98. The van der Waals surface area contributed by atoms with E-state index in [2.05, 4.69) is 10.3 Å². The van der Waals surface area contributed by atoms with Crippen molar-refractivity contribution in [1.29, 1.82) is 0 Å². The van der Waals surface area contributed by atoms with E-state index in [1.165, 1.54) is 12.1 Å². The van der Waals surface area contributed by atoms with Crippen molar-refractivity contribution in [3.8, 4) is 5.69 Å². The lowest BCUT2D eigenvalue weighted by Gasteiger charge is -2.24. The van der Waals surface area contributed by atoms with Crippen LogP contribution >= 0.6 is 11.6 Å². The van der Waals surface area contributed by atoms with Crippen molar-refractivity contribution >= 4 is 33.2 Å². The molecule has 1 aromatic heterocycles. The number of anilines is 1. The Hall–Kier alpha value is -3.62. The molecule has 0 unspecified atom stereocenters. The highest BCUT2D eigenvalue weighted by Gasteiger charge is 2.27. The lowest BCUT2D eigenvalue weighted by Crippen LogP contribution is -2.40. The topological polar surface area (TPSA) is 84.3 Å². The summed E-state index contributed by atoms with van der Waals surface area (Å²) in [4.78, 5) is 17.3. The second-order valence-electron chi connectivity index (χ2n) is 7.55. The van der Waals surface area contributed by atoms with Gasteiger partial charge in [0.1, 0.15) is 12.4 Å². The summed E-state index contributed by atoms with van der Waals surface area (Å²) in [5, 5.41) is 3.32. The highest BCUT2D eigenvalue weighted by Crippen LogP contribution is 2.25. The van der Waals surface area contributed by atoms with Crippen LogP contribution in [0.1, 0.15) is 11.4 Å². The fraction of sp³-hybridized carbons (Fsp3) is 0.120. The highest BCUT2D eigenvalue weighted by molar-refractivity contribution is 7.92. The maximum absolute atomic E-state index is 13.4. The Morgan fingerprint density at radius 1 is 1.00 bits per heavy atom. The molecule has 0 saturated heterocycles. The van der Waals surface area contributed by atoms with Crippen molar-refractivity contribution in [2.75, 3.05) is 10.8 Å². The van der Waals surface area contributed by atoms with Crippen molar-refractivity contribution in [2.45, 2.75) is 18.4 Å². The molecule has 1 amide bonds. The van der Waals surface area contributed by atoms with Crippen molar-refractivity contribution in [2.24, 2.45) is 0 Å². The minimum absolute atomic E-state index is 0.0960. The van der Waals surface area contributed by atoms with Gasteiger partial charge < -0.3 is 9.88 Å². The number of imidazole rings is 1. The van der Waals surface area contributed by atoms with E-state index in [9.17, 15) is 13.2 Å². The number of carbonyl (C=O) groups is 1. The number of rotatable bonds is 8. The molecule has 34 heavy (non-hydrogen) atoms. The standard InChI is InChI=1S/C25H23ClN4O3S/c1-19-27-15-16-29(19)24-10-6-5-7-20(24)17-28-25(31)18-30(22-13-11-21(26)12-14-22)34(32,33)23-8-3-2-4-9-23/h2-16H,17-18H2,1H3,(H,28,31). The summed E-state index contributed by atoms with van der Waals surface area (Å²) in [5.41, 5.74) is 2.11. The number of nitrogens with zero attached hydrogens (tertiary/aromatic N) is 3. The van der Waals surface area contributed by atoms with Gasteiger partial charge >= 0.3 is 0 Å². The summed E-state index contributed by atoms with van der Waals surface area (Å²) in [6.45, 7) is 1.74. The normalized spacial score (nSPS) is 11.2. The van der Waals surface area contributed by atoms with Gasteiger partial charge in [0.25, 0.3) is 10.0 Å². The Bertz CT molecular complexity index is 1390. The first kappa shape index (κ1) is 23.5. The number of hydrogen-bond acceptors (Lipinski definition) is 4. The van der Waals surface area contributed by atoms with E-state index in [1.54, 1.807) is 48.7 Å². The molecular weight excluding hydrogens is 472 g/mol. The molecule has 0 aliphatic heterocycles. The predicted molar refractivity (Wildman–Crippen MR) is 133 cm³/mol. The molecular formula is C25H23ClN4O3S. The summed E-state index contributed by atoms with van der Waals surface area (Å²) in [6.07, 6.45) is 3.56. The number of benzene rings is 3. The van der Waals surface area contributed by atoms with Gasteiger partial charge in [0.05, 0.1) is 16.3 Å². The number of nitrogens with one attached hydrogen (secondary N) is 1. The Kier molecular flexibility index (Phi) is 7.00.